The van der Waals surface area contributed by atoms with Crippen molar-refractivity contribution in [2.24, 2.45) is 0 Å². The number of hydrogen-bond donors (Lipinski definition) is 2. The largest absolute Gasteiger partial charge is 0.348 e. The van der Waals surface area contributed by atoms with Crippen molar-refractivity contribution >= 4 is 24.0 Å². The van der Waals surface area contributed by atoms with Crippen LogP contribution in [0.25, 0.3) is 0 Å². The zero-order valence-electron chi connectivity index (χ0n) is 11.5. The van der Waals surface area contributed by atoms with Crippen molar-refractivity contribution in [3.05, 3.63) is 39.7 Å². The van der Waals surface area contributed by atoms with Gasteiger partial charge in [0, 0.05) is 18.2 Å². The minimum absolute atomic E-state index is 0. The lowest BCUT2D eigenvalue weighted by molar-refractivity contribution is -0.385. The summed E-state index contributed by atoms with van der Waals surface area (Å²) in [5.74, 6) is -1.28. The lowest BCUT2D eigenvalue weighted by Gasteiger charge is -2.30. The van der Waals surface area contributed by atoms with E-state index in [0.717, 1.165) is 37.6 Å². The van der Waals surface area contributed by atoms with Gasteiger partial charge in [-0.25, -0.2) is 4.39 Å². The molecule has 2 rings (SSSR count). The topological polar surface area (TPSA) is 84.3 Å². The number of carbonyl (C=O) groups is 1. The Balaban J connectivity index is 0.00000220. The molecule has 1 aromatic rings. The van der Waals surface area contributed by atoms with Crippen LogP contribution in [0.2, 0.25) is 0 Å². The van der Waals surface area contributed by atoms with Crippen molar-refractivity contribution in [2.75, 3.05) is 6.54 Å². The summed E-state index contributed by atoms with van der Waals surface area (Å²) in [6.07, 6.45) is 1.71. The molecule has 1 heterocycles. The monoisotopic (exact) mass is 317 g/mol. The Morgan fingerprint density at radius 2 is 2.24 bits per heavy atom. The van der Waals surface area contributed by atoms with Crippen molar-refractivity contribution < 1.29 is 14.1 Å². The van der Waals surface area contributed by atoms with Gasteiger partial charge in [-0.1, -0.05) is 0 Å². The van der Waals surface area contributed by atoms with Crippen LogP contribution in [0, 0.1) is 15.9 Å². The predicted molar refractivity (Wildman–Crippen MR) is 78.3 cm³/mol. The van der Waals surface area contributed by atoms with Crippen LogP contribution in [0.5, 0.6) is 0 Å². The lowest BCUT2D eigenvalue weighted by atomic mass is 9.99. The van der Waals surface area contributed by atoms with Gasteiger partial charge < -0.3 is 10.6 Å². The van der Waals surface area contributed by atoms with Gasteiger partial charge in [-0.3, -0.25) is 14.9 Å². The van der Waals surface area contributed by atoms with Gasteiger partial charge in [0.1, 0.15) is 11.4 Å². The second kappa shape index (κ2) is 7.33. The minimum Gasteiger partial charge on any atom is -0.348 e. The molecule has 1 aromatic carbocycles. The van der Waals surface area contributed by atoms with E-state index in [-0.39, 0.29) is 35.7 Å². The van der Waals surface area contributed by atoms with E-state index in [2.05, 4.69) is 10.6 Å². The van der Waals surface area contributed by atoms with Gasteiger partial charge in [0.05, 0.1) is 4.92 Å². The van der Waals surface area contributed by atoms with E-state index in [1.807, 2.05) is 6.92 Å². The number of nitro groups is 1. The summed E-state index contributed by atoms with van der Waals surface area (Å²) in [6, 6.07) is 2.85. The second-order valence-corrected chi connectivity index (χ2v) is 4.88. The summed E-state index contributed by atoms with van der Waals surface area (Å²) in [4.78, 5) is 22.3. The van der Waals surface area contributed by atoms with E-state index in [1.165, 1.54) is 0 Å². The van der Waals surface area contributed by atoms with Crippen molar-refractivity contribution in [1.29, 1.82) is 0 Å². The van der Waals surface area contributed by atoms with E-state index >= 15 is 0 Å². The third-order valence-electron chi connectivity index (χ3n) is 3.48. The Morgan fingerprint density at radius 3 is 2.86 bits per heavy atom. The lowest BCUT2D eigenvalue weighted by Crippen LogP contribution is -2.51. The number of rotatable bonds is 3. The average molecular weight is 318 g/mol. The molecule has 6 nitrogen and oxygen atoms in total. The molecule has 116 valence electrons. The first-order valence-electron chi connectivity index (χ1n) is 6.47. The number of nitro benzene ring substituents is 1. The quantitative estimate of drug-likeness (QED) is 0.660. The van der Waals surface area contributed by atoms with Crippen LogP contribution in [0.3, 0.4) is 0 Å². The highest BCUT2D eigenvalue weighted by Gasteiger charge is 2.26. The van der Waals surface area contributed by atoms with Gasteiger partial charge in [0.2, 0.25) is 0 Å². The highest BCUT2D eigenvalue weighted by atomic mass is 35.5. The molecule has 0 aliphatic carbocycles. The van der Waals surface area contributed by atoms with Gasteiger partial charge in [-0.2, -0.15) is 0 Å². The Morgan fingerprint density at radius 1 is 1.52 bits per heavy atom. The molecule has 2 N–H and O–H groups in total. The third kappa shape index (κ3) is 4.12. The number of benzene rings is 1. The molecular weight excluding hydrogens is 301 g/mol. The molecule has 2 atom stereocenters. The first-order chi connectivity index (χ1) is 9.49. The maximum Gasteiger partial charge on any atom is 0.282 e. The third-order valence-corrected chi connectivity index (χ3v) is 3.48. The van der Waals surface area contributed by atoms with Crippen LogP contribution in [-0.4, -0.2) is 29.5 Å². The van der Waals surface area contributed by atoms with Crippen LogP contribution in [-0.2, 0) is 0 Å². The molecule has 0 saturated carbocycles. The number of nitrogens with zero attached hydrogens (tertiary/aromatic N) is 1. The van der Waals surface area contributed by atoms with Gasteiger partial charge in [-0.05, 0) is 38.4 Å². The summed E-state index contributed by atoms with van der Waals surface area (Å²) in [7, 11) is 0. The number of carbonyl (C=O) groups excluding carboxylic acids is 1. The minimum atomic E-state index is -0.684. The molecule has 1 fully saturated rings. The SMILES string of the molecule is CC1NCCCC1NC(=O)c1cc(F)ccc1[N+](=O)[O-].Cl. The molecule has 0 aromatic heterocycles. The van der Waals surface area contributed by atoms with Crippen LogP contribution in [0.4, 0.5) is 10.1 Å². The normalized spacial score (nSPS) is 21.2. The van der Waals surface area contributed by atoms with Crippen LogP contribution < -0.4 is 10.6 Å². The van der Waals surface area contributed by atoms with Crippen LogP contribution in [0.15, 0.2) is 18.2 Å². The first-order valence-corrected chi connectivity index (χ1v) is 6.47. The Hall–Kier alpha value is -1.73. The van der Waals surface area contributed by atoms with Crippen LogP contribution >= 0.6 is 12.4 Å². The van der Waals surface area contributed by atoms with Crippen molar-refractivity contribution in [3.8, 4) is 0 Å². The summed E-state index contributed by atoms with van der Waals surface area (Å²) in [5.41, 5.74) is -0.631. The summed E-state index contributed by atoms with van der Waals surface area (Å²) >= 11 is 0. The van der Waals surface area contributed by atoms with Gasteiger partial charge >= 0.3 is 0 Å². The zero-order valence-corrected chi connectivity index (χ0v) is 12.3. The number of nitrogens with one attached hydrogen (secondary N) is 2. The average Bonchev–Trinajstić information content (AvgIpc) is 2.40. The van der Waals surface area contributed by atoms with Crippen molar-refractivity contribution in [2.45, 2.75) is 31.8 Å². The Bertz CT molecular complexity index is 541. The van der Waals surface area contributed by atoms with Gasteiger partial charge in [0.25, 0.3) is 11.6 Å². The number of hydrogen-bond acceptors (Lipinski definition) is 4. The second-order valence-electron chi connectivity index (χ2n) is 4.88. The van der Waals surface area contributed by atoms with Crippen molar-refractivity contribution in [3.63, 3.8) is 0 Å². The highest BCUT2D eigenvalue weighted by Crippen LogP contribution is 2.20. The van der Waals surface area contributed by atoms with E-state index in [0.29, 0.717) is 0 Å². The summed E-state index contributed by atoms with van der Waals surface area (Å²) < 4.78 is 13.2. The number of halogens is 2. The first kappa shape index (κ1) is 17.3. The van der Waals surface area contributed by atoms with Crippen molar-refractivity contribution in [1.82, 2.24) is 10.6 Å². The molecule has 21 heavy (non-hydrogen) atoms. The molecule has 0 spiro atoms. The van der Waals surface area contributed by atoms with E-state index in [1.54, 1.807) is 0 Å². The highest BCUT2D eigenvalue weighted by molar-refractivity contribution is 5.98. The molecule has 0 bridgehead atoms. The predicted octanol–water partition coefficient (Wildman–Crippen LogP) is 2.03. The maximum absolute atomic E-state index is 13.2. The van der Waals surface area contributed by atoms with Gasteiger partial charge in [0.15, 0.2) is 0 Å². The van der Waals surface area contributed by atoms with Crippen LogP contribution in [0.1, 0.15) is 30.1 Å². The van der Waals surface area contributed by atoms with E-state index < -0.39 is 16.6 Å². The zero-order chi connectivity index (χ0) is 14.7. The standard InChI is InChI=1S/C13H16FN3O3.ClH/c1-8-11(3-2-6-15-8)16-13(18)10-7-9(14)4-5-12(10)17(19)20;/h4-5,7-8,11,15H,2-3,6H2,1H3,(H,16,18);1H. The molecule has 8 heteroatoms. The van der Waals surface area contributed by atoms with Gasteiger partial charge in [-0.15, -0.1) is 12.4 Å². The molecule has 1 saturated heterocycles. The molecule has 1 amide bonds. The van der Waals surface area contributed by atoms with E-state index in [9.17, 15) is 19.3 Å². The summed E-state index contributed by atoms with van der Waals surface area (Å²) in [6.45, 7) is 2.82. The fraction of sp³-hybridized carbons (Fsp3) is 0.462. The Kier molecular flexibility index (Phi) is 6.04. The molecule has 0 radical (unpaired) electrons. The summed E-state index contributed by atoms with van der Waals surface area (Å²) in [5, 5.41) is 16.8. The molecule has 2 unspecified atom stereocenters. The molecule has 1 aliphatic rings. The maximum atomic E-state index is 13.2. The smallest absolute Gasteiger partial charge is 0.282 e. The number of amides is 1. The fourth-order valence-electron chi connectivity index (χ4n) is 2.34. The fourth-order valence-corrected chi connectivity index (χ4v) is 2.34. The Labute approximate surface area is 127 Å². The van der Waals surface area contributed by atoms with E-state index in [4.69, 9.17) is 0 Å². The number of piperidine rings is 1. The molecule has 1 aliphatic heterocycles. The molecular formula is C13H17ClFN3O3.